The van der Waals surface area contributed by atoms with Crippen molar-refractivity contribution >= 4 is 5.91 Å². The van der Waals surface area contributed by atoms with E-state index in [4.69, 9.17) is 5.73 Å². The summed E-state index contributed by atoms with van der Waals surface area (Å²) in [5, 5.41) is 3.08. The van der Waals surface area contributed by atoms with Crippen LogP contribution in [0.4, 0.5) is 0 Å². The van der Waals surface area contributed by atoms with Crippen LogP contribution in [0.5, 0.6) is 0 Å². The zero-order chi connectivity index (χ0) is 11.4. The van der Waals surface area contributed by atoms with Crippen molar-refractivity contribution in [1.82, 2.24) is 5.32 Å². The van der Waals surface area contributed by atoms with Crippen LogP contribution in [0.2, 0.25) is 0 Å². The van der Waals surface area contributed by atoms with Crippen LogP contribution in [0.3, 0.4) is 0 Å². The molecule has 3 N–H and O–H groups in total. The fraction of sp³-hybridized carbons (Fsp3) is 0.917. The highest BCUT2D eigenvalue weighted by atomic mass is 16.1. The summed E-state index contributed by atoms with van der Waals surface area (Å²) in [5.41, 5.74) is 5.59. The van der Waals surface area contributed by atoms with Gasteiger partial charge in [-0.25, -0.2) is 0 Å². The average Bonchev–Trinajstić information content (AvgIpc) is 2.10. The highest BCUT2D eigenvalue weighted by Gasteiger charge is 2.25. The summed E-state index contributed by atoms with van der Waals surface area (Å²) in [7, 11) is 0. The van der Waals surface area contributed by atoms with E-state index in [0.717, 1.165) is 24.7 Å². The molecule has 0 aromatic carbocycles. The van der Waals surface area contributed by atoms with Crippen molar-refractivity contribution in [3.8, 4) is 0 Å². The predicted octanol–water partition coefficient (Wildman–Crippen LogP) is 1.66. The SMILES string of the molecule is CC(N)CC(=O)NC1CCC(C)C(C)C1. The summed E-state index contributed by atoms with van der Waals surface area (Å²) in [6.45, 7) is 6.43. The minimum Gasteiger partial charge on any atom is -0.353 e. The van der Waals surface area contributed by atoms with Crippen molar-refractivity contribution in [3.63, 3.8) is 0 Å². The van der Waals surface area contributed by atoms with Gasteiger partial charge in [0.25, 0.3) is 0 Å². The van der Waals surface area contributed by atoms with Gasteiger partial charge < -0.3 is 11.1 Å². The molecule has 15 heavy (non-hydrogen) atoms. The summed E-state index contributed by atoms with van der Waals surface area (Å²) in [6, 6.07) is 0.340. The van der Waals surface area contributed by atoms with Crippen LogP contribution in [-0.4, -0.2) is 18.0 Å². The van der Waals surface area contributed by atoms with Gasteiger partial charge in [-0.15, -0.1) is 0 Å². The van der Waals surface area contributed by atoms with E-state index in [2.05, 4.69) is 19.2 Å². The molecule has 0 aliphatic heterocycles. The minimum atomic E-state index is -0.0371. The van der Waals surface area contributed by atoms with Gasteiger partial charge in [0.2, 0.25) is 5.91 Å². The Hall–Kier alpha value is -0.570. The highest BCUT2D eigenvalue weighted by Crippen LogP contribution is 2.29. The van der Waals surface area contributed by atoms with Crippen LogP contribution in [-0.2, 0) is 4.79 Å². The van der Waals surface area contributed by atoms with Crippen molar-refractivity contribution in [2.24, 2.45) is 17.6 Å². The number of hydrogen-bond donors (Lipinski definition) is 2. The average molecular weight is 212 g/mol. The standard InChI is InChI=1S/C12H24N2O/c1-8-4-5-11(6-9(8)2)14-12(15)7-10(3)13/h8-11H,4-7,13H2,1-3H3,(H,14,15). The number of carbonyl (C=O) groups excluding carboxylic acids is 1. The molecule has 3 nitrogen and oxygen atoms in total. The molecular weight excluding hydrogens is 188 g/mol. The molecule has 0 spiro atoms. The van der Waals surface area contributed by atoms with E-state index in [-0.39, 0.29) is 11.9 Å². The number of amides is 1. The lowest BCUT2D eigenvalue weighted by atomic mass is 9.79. The Bertz CT molecular complexity index is 216. The summed E-state index contributed by atoms with van der Waals surface area (Å²) < 4.78 is 0. The van der Waals surface area contributed by atoms with Gasteiger partial charge in [0.1, 0.15) is 0 Å². The van der Waals surface area contributed by atoms with Gasteiger partial charge in [-0.2, -0.15) is 0 Å². The number of nitrogens with one attached hydrogen (secondary N) is 1. The second-order valence-corrected chi connectivity index (χ2v) is 5.21. The van der Waals surface area contributed by atoms with Crippen molar-refractivity contribution in [2.75, 3.05) is 0 Å². The van der Waals surface area contributed by atoms with Gasteiger partial charge >= 0.3 is 0 Å². The number of carbonyl (C=O) groups is 1. The highest BCUT2D eigenvalue weighted by molar-refractivity contribution is 5.76. The third kappa shape index (κ3) is 4.20. The van der Waals surface area contributed by atoms with Crippen LogP contribution >= 0.6 is 0 Å². The Kier molecular flexibility index (Phi) is 4.58. The molecule has 0 aromatic heterocycles. The molecule has 4 unspecified atom stereocenters. The maximum absolute atomic E-state index is 11.5. The van der Waals surface area contributed by atoms with Gasteiger partial charge in [-0.05, 0) is 38.0 Å². The lowest BCUT2D eigenvalue weighted by molar-refractivity contribution is -0.122. The molecule has 0 saturated heterocycles. The van der Waals surface area contributed by atoms with Crippen LogP contribution in [0.1, 0.15) is 46.5 Å². The molecule has 1 saturated carbocycles. The number of rotatable bonds is 3. The van der Waals surface area contributed by atoms with E-state index in [9.17, 15) is 4.79 Å². The van der Waals surface area contributed by atoms with E-state index >= 15 is 0 Å². The molecule has 3 heteroatoms. The van der Waals surface area contributed by atoms with E-state index in [0.29, 0.717) is 12.5 Å². The van der Waals surface area contributed by atoms with Gasteiger partial charge in [0.05, 0.1) is 0 Å². The molecular formula is C12H24N2O. The van der Waals surface area contributed by atoms with Gasteiger partial charge in [-0.1, -0.05) is 13.8 Å². The molecule has 4 atom stereocenters. The Morgan fingerprint density at radius 1 is 1.40 bits per heavy atom. The lowest BCUT2D eigenvalue weighted by Crippen LogP contribution is -2.41. The molecule has 0 bridgehead atoms. The van der Waals surface area contributed by atoms with E-state index in [1.54, 1.807) is 0 Å². The molecule has 1 rings (SSSR count). The van der Waals surface area contributed by atoms with E-state index in [1.807, 2.05) is 6.92 Å². The first-order chi connectivity index (χ1) is 6.99. The first-order valence-electron chi connectivity index (χ1n) is 6.04. The zero-order valence-electron chi connectivity index (χ0n) is 10.1. The summed E-state index contributed by atoms with van der Waals surface area (Å²) in [5.74, 6) is 1.63. The summed E-state index contributed by atoms with van der Waals surface area (Å²) >= 11 is 0. The molecule has 0 aromatic rings. The number of nitrogens with two attached hydrogens (primary N) is 1. The molecule has 88 valence electrons. The quantitative estimate of drug-likeness (QED) is 0.747. The molecule has 0 heterocycles. The monoisotopic (exact) mass is 212 g/mol. The fourth-order valence-electron chi connectivity index (χ4n) is 2.26. The Balaban J connectivity index is 2.30. The van der Waals surface area contributed by atoms with Crippen LogP contribution < -0.4 is 11.1 Å². The first-order valence-corrected chi connectivity index (χ1v) is 6.04. The third-order valence-electron chi connectivity index (χ3n) is 3.47. The minimum absolute atomic E-state index is 0.0371. The van der Waals surface area contributed by atoms with Crippen LogP contribution in [0.15, 0.2) is 0 Å². The van der Waals surface area contributed by atoms with Crippen molar-refractivity contribution in [3.05, 3.63) is 0 Å². The van der Waals surface area contributed by atoms with Crippen molar-refractivity contribution in [2.45, 2.75) is 58.5 Å². The Morgan fingerprint density at radius 2 is 2.07 bits per heavy atom. The third-order valence-corrected chi connectivity index (χ3v) is 3.47. The second-order valence-electron chi connectivity index (χ2n) is 5.21. The smallest absolute Gasteiger partial charge is 0.221 e. The molecule has 1 fully saturated rings. The Morgan fingerprint density at radius 3 is 2.60 bits per heavy atom. The zero-order valence-corrected chi connectivity index (χ0v) is 10.1. The van der Waals surface area contributed by atoms with Gasteiger partial charge in [0.15, 0.2) is 0 Å². The van der Waals surface area contributed by atoms with Crippen molar-refractivity contribution < 1.29 is 4.79 Å². The second kappa shape index (κ2) is 5.50. The normalized spacial score (nSPS) is 33.5. The largest absolute Gasteiger partial charge is 0.353 e. The molecule has 1 aliphatic rings. The molecule has 0 radical (unpaired) electrons. The number of hydrogen-bond acceptors (Lipinski definition) is 2. The molecule has 1 aliphatic carbocycles. The summed E-state index contributed by atoms with van der Waals surface area (Å²) in [4.78, 5) is 11.5. The topological polar surface area (TPSA) is 55.1 Å². The van der Waals surface area contributed by atoms with Crippen molar-refractivity contribution in [1.29, 1.82) is 0 Å². The molecule has 1 amide bonds. The maximum Gasteiger partial charge on any atom is 0.221 e. The van der Waals surface area contributed by atoms with Crippen LogP contribution in [0, 0.1) is 11.8 Å². The van der Waals surface area contributed by atoms with E-state index < -0.39 is 0 Å². The summed E-state index contributed by atoms with van der Waals surface area (Å²) in [6.07, 6.45) is 3.91. The van der Waals surface area contributed by atoms with Gasteiger partial charge in [-0.3, -0.25) is 4.79 Å². The van der Waals surface area contributed by atoms with Crippen LogP contribution in [0.25, 0.3) is 0 Å². The van der Waals surface area contributed by atoms with E-state index in [1.165, 1.54) is 6.42 Å². The fourth-order valence-corrected chi connectivity index (χ4v) is 2.26. The Labute approximate surface area is 92.8 Å². The maximum atomic E-state index is 11.5. The van der Waals surface area contributed by atoms with Gasteiger partial charge in [0, 0.05) is 18.5 Å². The lowest BCUT2D eigenvalue weighted by Gasteiger charge is -2.32. The predicted molar refractivity (Wildman–Crippen MR) is 62.4 cm³/mol. The first kappa shape index (κ1) is 12.5.